The smallest absolute Gasteiger partial charge is 0.408 e. The van der Waals surface area contributed by atoms with Crippen LogP contribution in [0.15, 0.2) is 18.5 Å². The summed E-state index contributed by atoms with van der Waals surface area (Å²) in [6, 6.07) is 0.855. The third-order valence-corrected chi connectivity index (χ3v) is 2.31. The zero-order chi connectivity index (χ0) is 17.0. The topological polar surface area (TPSA) is 82.5 Å². The van der Waals surface area contributed by atoms with Crippen molar-refractivity contribution in [3.63, 3.8) is 0 Å². The average Bonchev–Trinajstić information content (AvgIpc) is 2.75. The molecule has 0 spiro atoms. The van der Waals surface area contributed by atoms with Crippen LogP contribution in [0.1, 0.15) is 41.5 Å². The highest BCUT2D eigenvalue weighted by molar-refractivity contribution is 5.81. The Morgan fingerprint density at radius 3 is 2.18 bits per heavy atom. The summed E-state index contributed by atoms with van der Waals surface area (Å²) < 4.78 is 12.1. The van der Waals surface area contributed by atoms with Crippen LogP contribution in [-0.2, 0) is 20.8 Å². The number of alkyl carbamates (subject to hydrolysis) is 1. The first-order valence-corrected chi connectivity index (χ1v) is 7.16. The number of hydrogen-bond acceptors (Lipinski definition) is 5. The molecule has 1 atom stereocenters. The van der Waals surface area contributed by atoms with E-state index in [1.165, 1.54) is 0 Å². The Kier molecular flexibility index (Phi) is 5.57. The number of nitrogens with zero attached hydrogens (tertiary/aromatic N) is 2. The summed E-state index contributed by atoms with van der Waals surface area (Å²) in [4.78, 5) is 24.1. The van der Waals surface area contributed by atoms with Gasteiger partial charge in [0.15, 0.2) is 0 Å². The largest absolute Gasteiger partial charge is 0.458 e. The van der Waals surface area contributed by atoms with Gasteiger partial charge in [-0.05, 0) is 47.6 Å². The van der Waals surface area contributed by atoms with Crippen LogP contribution in [0.2, 0.25) is 0 Å². The number of esters is 1. The molecule has 1 N–H and O–H groups in total. The fourth-order valence-electron chi connectivity index (χ4n) is 1.60. The second-order valence-corrected chi connectivity index (χ2v) is 6.96. The number of ether oxygens (including phenoxy) is 2. The molecule has 1 aromatic rings. The fraction of sp³-hybridized carbons (Fsp3) is 0.667. The molecule has 0 unspecified atom stereocenters. The zero-order valence-electron chi connectivity index (χ0n) is 14.0. The van der Waals surface area contributed by atoms with Gasteiger partial charge in [-0.3, -0.25) is 4.68 Å². The van der Waals surface area contributed by atoms with E-state index < -0.39 is 29.3 Å². The van der Waals surface area contributed by atoms with Crippen LogP contribution in [-0.4, -0.2) is 39.1 Å². The summed E-state index contributed by atoms with van der Waals surface area (Å²) in [6.07, 6.45) is 2.63. The Balaban J connectivity index is 2.77. The fourth-order valence-corrected chi connectivity index (χ4v) is 1.60. The molecule has 0 aliphatic rings. The van der Waals surface area contributed by atoms with Crippen molar-refractivity contribution in [1.29, 1.82) is 0 Å². The number of nitrogens with one attached hydrogen (secondary N) is 1. The molecule has 0 aromatic carbocycles. The summed E-state index contributed by atoms with van der Waals surface area (Å²) in [5.74, 6) is -0.533. The van der Waals surface area contributed by atoms with Gasteiger partial charge in [0.05, 0.1) is 6.54 Å². The SMILES string of the molecule is CC(C)(C)OC(=O)N[C@@H](Cn1cccn1)C(=O)OC(C)(C)C. The quantitative estimate of drug-likeness (QED) is 0.861. The normalized spacial score (nSPS) is 13.4. The van der Waals surface area contributed by atoms with Gasteiger partial charge in [-0.2, -0.15) is 5.10 Å². The molecule has 1 rings (SSSR count). The van der Waals surface area contributed by atoms with E-state index in [2.05, 4.69) is 10.4 Å². The summed E-state index contributed by atoms with van der Waals surface area (Å²) >= 11 is 0. The van der Waals surface area contributed by atoms with Crippen molar-refractivity contribution in [1.82, 2.24) is 15.1 Å². The minimum absolute atomic E-state index is 0.168. The molecule has 7 nitrogen and oxygen atoms in total. The van der Waals surface area contributed by atoms with Gasteiger partial charge in [0.25, 0.3) is 0 Å². The Hall–Kier alpha value is -2.05. The molecule has 124 valence electrons. The molecule has 1 amide bonds. The molecule has 0 fully saturated rings. The molecule has 7 heteroatoms. The molecule has 0 aliphatic heterocycles. The first kappa shape index (κ1) is 18.0. The van der Waals surface area contributed by atoms with Crippen molar-refractivity contribution in [3.8, 4) is 0 Å². The van der Waals surface area contributed by atoms with E-state index in [9.17, 15) is 9.59 Å². The highest BCUT2D eigenvalue weighted by Gasteiger charge is 2.29. The molecule has 22 heavy (non-hydrogen) atoms. The highest BCUT2D eigenvalue weighted by atomic mass is 16.6. The zero-order valence-corrected chi connectivity index (χ0v) is 14.0. The molecule has 0 radical (unpaired) electrons. The summed E-state index contributed by atoms with van der Waals surface area (Å²) in [5, 5.41) is 6.57. The Bertz CT molecular complexity index is 498. The number of rotatable bonds is 4. The van der Waals surface area contributed by atoms with Crippen molar-refractivity contribution < 1.29 is 19.1 Å². The monoisotopic (exact) mass is 311 g/mol. The molecular weight excluding hydrogens is 286 g/mol. The first-order chi connectivity index (χ1) is 9.96. The average molecular weight is 311 g/mol. The van der Waals surface area contributed by atoms with Crippen LogP contribution in [0.5, 0.6) is 0 Å². The van der Waals surface area contributed by atoms with Crippen LogP contribution < -0.4 is 5.32 Å². The van der Waals surface area contributed by atoms with Gasteiger partial charge in [0, 0.05) is 12.4 Å². The van der Waals surface area contributed by atoms with Crippen LogP contribution in [0.3, 0.4) is 0 Å². The molecule has 0 saturated heterocycles. The summed E-state index contributed by atoms with van der Waals surface area (Å²) in [7, 11) is 0. The lowest BCUT2D eigenvalue weighted by Crippen LogP contribution is -2.48. The van der Waals surface area contributed by atoms with E-state index in [1.54, 1.807) is 64.7 Å². The highest BCUT2D eigenvalue weighted by Crippen LogP contribution is 2.11. The molecule has 0 bridgehead atoms. The van der Waals surface area contributed by atoms with Gasteiger partial charge in [-0.15, -0.1) is 0 Å². The number of amides is 1. The Morgan fingerprint density at radius 1 is 1.14 bits per heavy atom. The lowest BCUT2D eigenvalue weighted by Gasteiger charge is -2.26. The van der Waals surface area contributed by atoms with Crippen LogP contribution >= 0.6 is 0 Å². The van der Waals surface area contributed by atoms with E-state index >= 15 is 0 Å². The van der Waals surface area contributed by atoms with E-state index in [0.717, 1.165) is 0 Å². The molecule has 0 saturated carbocycles. The van der Waals surface area contributed by atoms with Crippen molar-refractivity contribution in [2.45, 2.75) is 65.3 Å². The third-order valence-electron chi connectivity index (χ3n) is 2.31. The van der Waals surface area contributed by atoms with Gasteiger partial charge in [-0.25, -0.2) is 9.59 Å². The van der Waals surface area contributed by atoms with Crippen LogP contribution in [0, 0.1) is 0 Å². The maximum Gasteiger partial charge on any atom is 0.408 e. The third kappa shape index (κ3) is 7.10. The number of carbonyl (C=O) groups is 2. The van der Waals surface area contributed by atoms with Crippen molar-refractivity contribution in [2.24, 2.45) is 0 Å². The van der Waals surface area contributed by atoms with Crippen molar-refractivity contribution in [3.05, 3.63) is 18.5 Å². The Morgan fingerprint density at radius 2 is 1.73 bits per heavy atom. The molecule has 1 aromatic heterocycles. The van der Waals surface area contributed by atoms with E-state index in [-0.39, 0.29) is 6.54 Å². The number of hydrogen-bond donors (Lipinski definition) is 1. The van der Waals surface area contributed by atoms with Gasteiger partial charge < -0.3 is 14.8 Å². The standard InChI is InChI=1S/C15H25N3O4/c1-14(2,3)21-12(19)11(10-18-9-7-8-16-18)17-13(20)22-15(4,5)6/h7-9,11H,10H2,1-6H3,(H,17,20)/t11-/m0/s1. The number of carbonyl (C=O) groups excluding carboxylic acids is 2. The maximum atomic E-state index is 12.3. The molecular formula is C15H25N3O4. The van der Waals surface area contributed by atoms with Gasteiger partial charge in [0.1, 0.15) is 17.2 Å². The second kappa shape index (κ2) is 6.81. The van der Waals surface area contributed by atoms with E-state index in [0.29, 0.717) is 0 Å². The molecule has 1 heterocycles. The summed E-state index contributed by atoms with van der Waals surface area (Å²) in [6.45, 7) is 10.7. The van der Waals surface area contributed by atoms with Gasteiger partial charge in [0.2, 0.25) is 0 Å². The van der Waals surface area contributed by atoms with Crippen LogP contribution in [0.25, 0.3) is 0 Å². The van der Waals surface area contributed by atoms with Crippen LogP contribution in [0.4, 0.5) is 4.79 Å². The van der Waals surface area contributed by atoms with E-state index in [1.807, 2.05) is 0 Å². The predicted molar refractivity (Wildman–Crippen MR) is 81.2 cm³/mol. The van der Waals surface area contributed by atoms with Crippen molar-refractivity contribution >= 4 is 12.1 Å². The van der Waals surface area contributed by atoms with E-state index in [4.69, 9.17) is 9.47 Å². The minimum atomic E-state index is -0.881. The Labute approximate surface area is 131 Å². The molecule has 0 aliphatic carbocycles. The second-order valence-electron chi connectivity index (χ2n) is 6.96. The van der Waals surface area contributed by atoms with Gasteiger partial charge in [-0.1, -0.05) is 0 Å². The lowest BCUT2D eigenvalue weighted by atomic mass is 10.2. The first-order valence-electron chi connectivity index (χ1n) is 7.16. The lowest BCUT2D eigenvalue weighted by molar-refractivity contribution is -0.157. The minimum Gasteiger partial charge on any atom is -0.458 e. The van der Waals surface area contributed by atoms with Crippen molar-refractivity contribution in [2.75, 3.05) is 0 Å². The maximum absolute atomic E-state index is 12.3. The van der Waals surface area contributed by atoms with Gasteiger partial charge >= 0.3 is 12.1 Å². The number of aromatic nitrogens is 2. The predicted octanol–water partition coefficient (Wildman–Crippen LogP) is 2.12. The summed E-state index contributed by atoms with van der Waals surface area (Å²) in [5.41, 5.74) is -1.29.